The Balaban J connectivity index is 1.99. The first-order valence-corrected chi connectivity index (χ1v) is 8.23. The van der Waals surface area contributed by atoms with Crippen molar-refractivity contribution in [1.29, 1.82) is 0 Å². The Morgan fingerprint density at radius 3 is 2.33 bits per heavy atom. The van der Waals surface area contributed by atoms with Gasteiger partial charge in [-0.3, -0.25) is 0 Å². The molecular formula is C14H19N3O3S. The minimum Gasteiger partial charge on any atom is -0.341 e. The molecule has 1 aromatic rings. The van der Waals surface area contributed by atoms with E-state index in [-0.39, 0.29) is 6.03 Å². The number of rotatable bonds is 3. The van der Waals surface area contributed by atoms with Crippen LogP contribution in [0.1, 0.15) is 5.56 Å². The third-order valence-corrected chi connectivity index (χ3v) is 4.90. The molecule has 0 radical (unpaired) electrons. The molecule has 1 N–H and O–H groups in total. The molecule has 1 heterocycles. The molecule has 6 nitrogen and oxygen atoms in total. The predicted octanol–water partition coefficient (Wildman–Crippen LogP) is 0.944. The van der Waals surface area contributed by atoms with E-state index in [1.165, 1.54) is 9.71 Å². The van der Waals surface area contributed by atoms with Gasteiger partial charge in [-0.1, -0.05) is 30.3 Å². The molecule has 7 heteroatoms. The Kier molecular flexibility index (Phi) is 4.98. The first-order chi connectivity index (χ1) is 10.0. The van der Waals surface area contributed by atoms with Crippen LogP contribution in [-0.2, 0) is 10.0 Å². The molecular weight excluding hydrogens is 290 g/mol. The van der Waals surface area contributed by atoms with Crippen molar-refractivity contribution in [3.8, 4) is 0 Å². The predicted molar refractivity (Wildman–Crippen MR) is 82.0 cm³/mol. The Morgan fingerprint density at radius 1 is 1.14 bits per heavy atom. The minimum absolute atomic E-state index is 0.174. The van der Waals surface area contributed by atoms with Gasteiger partial charge < -0.3 is 10.2 Å². The summed E-state index contributed by atoms with van der Waals surface area (Å²) in [6, 6.07) is 9.10. The highest BCUT2D eigenvalue weighted by atomic mass is 32.2. The van der Waals surface area contributed by atoms with E-state index in [0.29, 0.717) is 26.2 Å². The van der Waals surface area contributed by atoms with Gasteiger partial charge in [-0.15, -0.1) is 0 Å². The minimum atomic E-state index is -3.44. The number of benzene rings is 1. The number of carbonyl (C=O) groups excluding carboxylic acids is 1. The van der Waals surface area contributed by atoms with Crippen LogP contribution in [0.4, 0.5) is 4.79 Å². The van der Waals surface area contributed by atoms with Crippen LogP contribution in [0.3, 0.4) is 0 Å². The van der Waals surface area contributed by atoms with Gasteiger partial charge in [0.2, 0.25) is 10.0 Å². The van der Waals surface area contributed by atoms with E-state index in [1.54, 1.807) is 18.0 Å². The molecule has 21 heavy (non-hydrogen) atoms. The Labute approximate surface area is 125 Å². The fraction of sp³-hybridized carbons (Fsp3) is 0.357. The topological polar surface area (TPSA) is 69.7 Å². The highest BCUT2D eigenvalue weighted by Crippen LogP contribution is 2.11. The monoisotopic (exact) mass is 309 g/mol. The summed E-state index contributed by atoms with van der Waals surface area (Å²) < 4.78 is 25.8. The Bertz CT molecular complexity index is 606. The van der Waals surface area contributed by atoms with Crippen LogP contribution in [0.15, 0.2) is 35.7 Å². The number of sulfonamides is 1. The molecule has 0 unspecified atom stereocenters. The van der Waals surface area contributed by atoms with E-state index in [0.717, 1.165) is 5.56 Å². The highest BCUT2D eigenvalue weighted by molar-refractivity contribution is 7.92. The number of hydrogen-bond donors (Lipinski definition) is 1. The summed E-state index contributed by atoms with van der Waals surface area (Å²) in [5.41, 5.74) is 0.838. The zero-order valence-electron chi connectivity index (χ0n) is 11.9. The number of carbonyl (C=O) groups is 1. The van der Waals surface area contributed by atoms with Gasteiger partial charge >= 0.3 is 6.03 Å². The second kappa shape index (κ2) is 6.73. The van der Waals surface area contributed by atoms with Crippen LogP contribution >= 0.6 is 0 Å². The summed E-state index contributed by atoms with van der Waals surface area (Å²) in [5.74, 6) is 0. The zero-order chi connectivity index (χ0) is 15.3. The quantitative estimate of drug-likeness (QED) is 0.903. The molecule has 2 rings (SSSR count). The van der Waals surface area contributed by atoms with Crippen molar-refractivity contribution in [2.24, 2.45) is 0 Å². The summed E-state index contributed by atoms with van der Waals surface area (Å²) in [4.78, 5) is 13.1. The maximum Gasteiger partial charge on any atom is 0.317 e. The fourth-order valence-electron chi connectivity index (χ4n) is 2.12. The SMILES string of the molecule is CNC(=O)N1CCN(S(=O)(=O)C=Cc2ccccc2)CC1. The van der Waals surface area contributed by atoms with Crippen molar-refractivity contribution in [3.05, 3.63) is 41.3 Å². The average molecular weight is 309 g/mol. The van der Waals surface area contributed by atoms with Crippen molar-refractivity contribution in [2.45, 2.75) is 0 Å². The van der Waals surface area contributed by atoms with Crippen LogP contribution in [0, 0.1) is 0 Å². The van der Waals surface area contributed by atoms with Gasteiger partial charge in [0.1, 0.15) is 0 Å². The molecule has 0 spiro atoms. The summed E-state index contributed by atoms with van der Waals surface area (Å²) in [6.07, 6.45) is 1.58. The maximum absolute atomic E-state index is 12.2. The number of nitrogens with one attached hydrogen (secondary N) is 1. The Hall–Kier alpha value is -1.86. The Morgan fingerprint density at radius 2 is 1.76 bits per heavy atom. The lowest BCUT2D eigenvalue weighted by Gasteiger charge is -2.32. The van der Waals surface area contributed by atoms with E-state index in [9.17, 15) is 13.2 Å². The first kappa shape index (κ1) is 15.5. The van der Waals surface area contributed by atoms with Crippen molar-refractivity contribution < 1.29 is 13.2 Å². The number of hydrogen-bond acceptors (Lipinski definition) is 3. The second-order valence-corrected chi connectivity index (χ2v) is 6.52. The van der Waals surface area contributed by atoms with Gasteiger partial charge in [0.05, 0.1) is 0 Å². The fourth-order valence-corrected chi connectivity index (χ4v) is 3.29. The molecule has 1 aliphatic rings. The van der Waals surface area contributed by atoms with E-state index in [1.807, 2.05) is 30.3 Å². The zero-order valence-corrected chi connectivity index (χ0v) is 12.7. The summed E-state index contributed by atoms with van der Waals surface area (Å²) in [5, 5.41) is 3.76. The van der Waals surface area contributed by atoms with E-state index in [4.69, 9.17) is 0 Å². The van der Waals surface area contributed by atoms with Crippen LogP contribution in [0.25, 0.3) is 6.08 Å². The molecule has 0 aliphatic carbocycles. The van der Waals surface area contributed by atoms with Gasteiger partial charge in [0, 0.05) is 38.6 Å². The molecule has 114 valence electrons. The third-order valence-electron chi connectivity index (χ3n) is 3.33. The van der Waals surface area contributed by atoms with Crippen molar-refractivity contribution in [3.63, 3.8) is 0 Å². The van der Waals surface area contributed by atoms with E-state index < -0.39 is 10.0 Å². The van der Waals surface area contributed by atoms with Crippen LogP contribution in [0.2, 0.25) is 0 Å². The lowest BCUT2D eigenvalue weighted by atomic mass is 10.2. The van der Waals surface area contributed by atoms with Gasteiger partial charge in [-0.25, -0.2) is 13.2 Å². The number of piperazine rings is 1. The smallest absolute Gasteiger partial charge is 0.317 e. The number of amides is 2. The third kappa shape index (κ3) is 4.05. The lowest BCUT2D eigenvalue weighted by Crippen LogP contribution is -2.52. The standard InChI is InChI=1S/C14H19N3O3S/c1-15-14(18)16-8-10-17(11-9-16)21(19,20)12-7-13-5-3-2-4-6-13/h2-7,12H,8-11H2,1H3,(H,15,18). The van der Waals surface area contributed by atoms with Crippen molar-refractivity contribution >= 4 is 22.1 Å². The molecule has 0 bridgehead atoms. The summed E-state index contributed by atoms with van der Waals surface area (Å²) in [6.45, 7) is 1.43. The van der Waals surface area contributed by atoms with Gasteiger partial charge in [-0.05, 0) is 11.6 Å². The molecule has 1 aliphatic heterocycles. The molecule has 0 aromatic heterocycles. The second-order valence-electron chi connectivity index (χ2n) is 4.70. The highest BCUT2D eigenvalue weighted by Gasteiger charge is 2.26. The van der Waals surface area contributed by atoms with Gasteiger partial charge in [-0.2, -0.15) is 4.31 Å². The largest absolute Gasteiger partial charge is 0.341 e. The van der Waals surface area contributed by atoms with Crippen LogP contribution in [0.5, 0.6) is 0 Å². The number of urea groups is 1. The van der Waals surface area contributed by atoms with Gasteiger partial charge in [0.15, 0.2) is 0 Å². The molecule has 1 saturated heterocycles. The van der Waals surface area contributed by atoms with Crippen molar-refractivity contribution in [1.82, 2.24) is 14.5 Å². The van der Waals surface area contributed by atoms with Crippen LogP contribution in [-0.4, -0.2) is 56.9 Å². The normalized spacial score (nSPS) is 17.1. The average Bonchev–Trinajstić information content (AvgIpc) is 2.53. The molecule has 1 fully saturated rings. The number of nitrogens with zero attached hydrogens (tertiary/aromatic N) is 2. The van der Waals surface area contributed by atoms with Gasteiger partial charge in [0.25, 0.3) is 0 Å². The summed E-state index contributed by atoms with van der Waals surface area (Å²) in [7, 11) is -1.88. The lowest BCUT2D eigenvalue weighted by molar-refractivity contribution is 0.174. The van der Waals surface area contributed by atoms with Crippen molar-refractivity contribution in [2.75, 3.05) is 33.2 Å². The molecule has 0 saturated carbocycles. The first-order valence-electron chi connectivity index (χ1n) is 6.73. The maximum atomic E-state index is 12.2. The molecule has 0 atom stereocenters. The van der Waals surface area contributed by atoms with Crippen LogP contribution < -0.4 is 5.32 Å². The summed E-state index contributed by atoms with van der Waals surface area (Å²) >= 11 is 0. The molecule has 2 amide bonds. The molecule has 1 aromatic carbocycles. The van der Waals surface area contributed by atoms with E-state index in [2.05, 4.69) is 5.32 Å². The van der Waals surface area contributed by atoms with E-state index >= 15 is 0 Å².